The number of benzene rings is 1. The van der Waals surface area contributed by atoms with E-state index in [9.17, 15) is 14.4 Å². The molecule has 1 aromatic carbocycles. The summed E-state index contributed by atoms with van der Waals surface area (Å²) >= 11 is 0. The number of hydrogen-bond acceptors (Lipinski definition) is 3. The zero-order valence-electron chi connectivity index (χ0n) is 15.3. The fraction of sp³-hybridized carbons (Fsp3) is 0.550. The molecule has 0 aliphatic heterocycles. The molecular formula is C20H28N2O4. The van der Waals surface area contributed by atoms with Crippen LogP contribution in [0.2, 0.25) is 0 Å². The van der Waals surface area contributed by atoms with E-state index in [1.54, 1.807) is 24.3 Å². The van der Waals surface area contributed by atoms with Gasteiger partial charge in [0.2, 0.25) is 5.91 Å². The molecule has 26 heavy (non-hydrogen) atoms. The highest BCUT2D eigenvalue weighted by atomic mass is 16.4. The number of carboxylic acids is 1. The summed E-state index contributed by atoms with van der Waals surface area (Å²) in [5.74, 6) is -0.645. The predicted octanol–water partition coefficient (Wildman–Crippen LogP) is 3.44. The average molecular weight is 360 g/mol. The van der Waals surface area contributed by atoms with Crippen molar-refractivity contribution < 1.29 is 19.5 Å². The van der Waals surface area contributed by atoms with Crippen molar-refractivity contribution in [1.29, 1.82) is 0 Å². The Kier molecular flexibility index (Phi) is 7.63. The Bertz CT molecular complexity index is 621. The van der Waals surface area contributed by atoms with E-state index >= 15 is 0 Å². The molecule has 0 bridgehead atoms. The van der Waals surface area contributed by atoms with Crippen LogP contribution in [0.3, 0.4) is 0 Å². The zero-order chi connectivity index (χ0) is 18.9. The Hall–Kier alpha value is -2.37. The third kappa shape index (κ3) is 6.50. The summed E-state index contributed by atoms with van der Waals surface area (Å²) in [6.45, 7) is 2.06. The maximum absolute atomic E-state index is 12.4. The highest BCUT2D eigenvalue weighted by molar-refractivity contribution is 5.96. The molecule has 2 amide bonds. The lowest BCUT2D eigenvalue weighted by Gasteiger charge is -2.24. The zero-order valence-corrected chi connectivity index (χ0v) is 15.3. The molecule has 1 atom stereocenters. The second-order valence-corrected chi connectivity index (χ2v) is 7.11. The first-order chi connectivity index (χ1) is 12.5. The molecule has 0 saturated heterocycles. The maximum Gasteiger partial charge on any atom is 0.305 e. The van der Waals surface area contributed by atoms with Crippen molar-refractivity contribution in [3.63, 3.8) is 0 Å². The highest BCUT2D eigenvalue weighted by Gasteiger charge is 2.21. The van der Waals surface area contributed by atoms with Crippen LogP contribution in [0, 0.1) is 11.8 Å². The summed E-state index contributed by atoms with van der Waals surface area (Å²) in [5, 5.41) is 14.0. The van der Waals surface area contributed by atoms with Gasteiger partial charge in [0.05, 0.1) is 6.42 Å². The Labute approximate surface area is 154 Å². The van der Waals surface area contributed by atoms with Gasteiger partial charge in [-0.3, -0.25) is 14.4 Å². The van der Waals surface area contributed by atoms with Gasteiger partial charge in [0.1, 0.15) is 0 Å². The third-order valence-corrected chi connectivity index (χ3v) is 4.90. The number of anilines is 1. The lowest BCUT2D eigenvalue weighted by atomic mass is 9.83. The van der Waals surface area contributed by atoms with Crippen molar-refractivity contribution in [3.8, 4) is 0 Å². The Morgan fingerprint density at radius 1 is 1.12 bits per heavy atom. The normalized spacial score (nSPS) is 15.9. The SMILES string of the molecule is CC(CC1CCCCC1)C(=O)Nc1ccc(C(=O)NCCC(=O)O)cc1. The molecular weight excluding hydrogens is 332 g/mol. The van der Waals surface area contributed by atoms with Gasteiger partial charge >= 0.3 is 5.97 Å². The van der Waals surface area contributed by atoms with Crippen LogP contribution in [0.25, 0.3) is 0 Å². The number of aliphatic carboxylic acids is 1. The molecule has 0 aromatic heterocycles. The van der Waals surface area contributed by atoms with E-state index in [1.165, 1.54) is 32.1 Å². The fourth-order valence-electron chi connectivity index (χ4n) is 3.39. The standard InChI is InChI=1S/C20H28N2O4/c1-14(13-15-5-3-2-4-6-15)19(25)22-17-9-7-16(8-10-17)20(26)21-12-11-18(23)24/h7-10,14-15H,2-6,11-13H2,1H3,(H,21,26)(H,22,25)(H,23,24). The number of amides is 2. The van der Waals surface area contributed by atoms with Crippen LogP contribution in [-0.2, 0) is 9.59 Å². The van der Waals surface area contributed by atoms with Gasteiger partial charge in [-0.05, 0) is 36.6 Å². The topological polar surface area (TPSA) is 95.5 Å². The Morgan fingerprint density at radius 2 is 1.77 bits per heavy atom. The van der Waals surface area contributed by atoms with Crippen molar-refractivity contribution in [1.82, 2.24) is 5.32 Å². The molecule has 142 valence electrons. The van der Waals surface area contributed by atoms with E-state index in [0.29, 0.717) is 17.2 Å². The first kappa shape index (κ1) is 19.9. The van der Waals surface area contributed by atoms with Crippen molar-refractivity contribution >= 4 is 23.5 Å². The predicted molar refractivity (Wildman–Crippen MR) is 100 cm³/mol. The molecule has 1 aliphatic carbocycles. The fourth-order valence-corrected chi connectivity index (χ4v) is 3.39. The smallest absolute Gasteiger partial charge is 0.305 e. The number of carboxylic acid groups (broad SMARTS) is 1. The van der Waals surface area contributed by atoms with Crippen LogP contribution >= 0.6 is 0 Å². The molecule has 1 aromatic rings. The lowest BCUT2D eigenvalue weighted by molar-refractivity contribution is -0.136. The summed E-state index contributed by atoms with van der Waals surface area (Å²) in [4.78, 5) is 34.7. The minimum absolute atomic E-state index is 0.00855. The summed E-state index contributed by atoms with van der Waals surface area (Å²) in [5.41, 5.74) is 1.09. The van der Waals surface area contributed by atoms with Crippen LogP contribution < -0.4 is 10.6 Å². The monoisotopic (exact) mass is 360 g/mol. The molecule has 1 saturated carbocycles. The first-order valence-electron chi connectivity index (χ1n) is 9.36. The summed E-state index contributed by atoms with van der Waals surface area (Å²) in [6, 6.07) is 6.63. The van der Waals surface area contributed by atoms with E-state index in [-0.39, 0.29) is 30.7 Å². The van der Waals surface area contributed by atoms with Gasteiger partial charge in [-0.15, -0.1) is 0 Å². The van der Waals surface area contributed by atoms with Crippen molar-refractivity contribution in [2.75, 3.05) is 11.9 Å². The molecule has 3 N–H and O–H groups in total. The second kappa shape index (κ2) is 9.94. The molecule has 6 nitrogen and oxygen atoms in total. The molecule has 2 rings (SSSR count). The third-order valence-electron chi connectivity index (χ3n) is 4.90. The summed E-state index contributed by atoms with van der Waals surface area (Å²) in [7, 11) is 0. The van der Waals surface area contributed by atoms with E-state index in [4.69, 9.17) is 5.11 Å². The van der Waals surface area contributed by atoms with Gasteiger partial charge in [-0.2, -0.15) is 0 Å². The second-order valence-electron chi connectivity index (χ2n) is 7.11. The van der Waals surface area contributed by atoms with Crippen molar-refractivity contribution in [2.45, 2.75) is 51.9 Å². The van der Waals surface area contributed by atoms with E-state index in [1.807, 2.05) is 6.92 Å². The number of hydrogen-bond donors (Lipinski definition) is 3. The van der Waals surface area contributed by atoms with E-state index in [2.05, 4.69) is 10.6 Å². The minimum Gasteiger partial charge on any atom is -0.481 e. The van der Waals surface area contributed by atoms with Gasteiger partial charge in [-0.1, -0.05) is 39.0 Å². The number of carbonyl (C=O) groups excluding carboxylic acids is 2. The van der Waals surface area contributed by atoms with Crippen LogP contribution in [-0.4, -0.2) is 29.4 Å². The molecule has 6 heteroatoms. The Balaban J connectivity index is 1.80. The van der Waals surface area contributed by atoms with Crippen LogP contribution in [0.15, 0.2) is 24.3 Å². The van der Waals surface area contributed by atoms with Crippen LogP contribution in [0.1, 0.15) is 62.2 Å². The number of rotatable bonds is 8. The number of carbonyl (C=O) groups is 3. The maximum atomic E-state index is 12.4. The molecule has 1 aliphatic rings. The van der Waals surface area contributed by atoms with Crippen LogP contribution in [0.4, 0.5) is 5.69 Å². The van der Waals surface area contributed by atoms with Gasteiger partial charge in [0, 0.05) is 23.7 Å². The van der Waals surface area contributed by atoms with Crippen molar-refractivity contribution in [3.05, 3.63) is 29.8 Å². The quantitative estimate of drug-likeness (QED) is 0.662. The average Bonchev–Trinajstić information content (AvgIpc) is 2.62. The lowest BCUT2D eigenvalue weighted by Crippen LogP contribution is -2.26. The molecule has 0 radical (unpaired) electrons. The highest BCUT2D eigenvalue weighted by Crippen LogP contribution is 2.29. The minimum atomic E-state index is -0.953. The molecule has 1 unspecified atom stereocenters. The van der Waals surface area contributed by atoms with Gasteiger partial charge < -0.3 is 15.7 Å². The Morgan fingerprint density at radius 3 is 2.38 bits per heavy atom. The van der Waals surface area contributed by atoms with E-state index < -0.39 is 5.97 Å². The van der Waals surface area contributed by atoms with Crippen LogP contribution in [0.5, 0.6) is 0 Å². The molecule has 0 spiro atoms. The van der Waals surface area contributed by atoms with Gasteiger partial charge in [-0.25, -0.2) is 0 Å². The van der Waals surface area contributed by atoms with Crippen molar-refractivity contribution in [2.24, 2.45) is 11.8 Å². The van der Waals surface area contributed by atoms with E-state index in [0.717, 1.165) is 6.42 Å². The molecule has 0 heterocycles. The summed E-state index contributed by atoms with van der Waals surface area (Å²) in [6.07, 6.45) is 7.12. The molecule has 1 fully saturated rings. The number of nitrogens with one attached hydrogen (secondary N) is 2. The summed E-state index contributed by atoms with van der Waals surface area (Å²) < 4.78 is 0. The first-order valence-corrected chi connectivity index (χ1v) is 9.36. The van der Waals surface area contributed by atoms with Gasteiger partial charge in [0.15, 0.2) is 0 Å². The van der Waals surface area contributed by atoms with Gasteiger partial charge in [0.25, 0.3) is 5.91 Å². The largest absolute Gasteiger partial charge is 0.481 e.